The van der Waals surface area contributed by atoms with Crippen LogP contribution in [0.15, 0.2) is 109 Å². The van der Waals surface area contributed by atoms with Crippen molar-refractivity contribution in [3.8, 4) is 0 Å². The van der Waals surface area contributed by atoms with Crippen molar-refractivity contribution < 1.29 is 23.8 Å². The molecule has 74 heavy (non-hydrogen) atoms. The van der Waals surface area contributed by atoms with Gasteiger partial charge < -0.3 is 14.2 Å². The van der Waals surface area contributed by atoms with E-state index in [0.29, 0.717) is 19.4 Å². The number of hydrogen-bond donors (Lipinski definition) is 0. The van der Waals surface area contributed by atoms with Gasteiger partial charge in [-0.3, -0.25) is 9.59 Å². The standard InChI is InChI=1S/C69H118O5/c1-4-7-10-13-16-19-22-25-28-31-34-37-40-43-46-49-52-55-58-61-64-72-65-67(74-69(71)63-60-57-54-51-48-45-42-39-36-33-30-27-24-21-18-15-12-9-6-3)66-73-68(70)62-59-56-53-50-47-44-41-38-35-32-29-26-23-20-17-14-11-8-5-2/h7-8,10-11,16-17,19-20,25-26,28-29,34-35,37-38,44,47,67H,4-6,9,12-15,18,21-24,27,30-33,36,39-43,45-46,48-66H2,1-3H3/b10-7-,11-8-,19-16-,20-17-,28-25-,29-26-,37-34-,38-35-,47-44-. The first-order valence-corrected chi connectivity index (χ1v) is 31.4. The molecule has 424 valence electrons. The van der Waals surface area contributed by atoms with Gasteiger partial charge in [-0.15, -0.1) is 0 Å². The first-order chi connectivity index (χ1) is 36.6. The monoisotopic (exact) mass is 1030 g/mol. The molecule has 0 rings (SSSR count). The molecule has 0 saturated carbocycles. The highest BCUT2D eigenvalue weighted by Crippen LogP contribution is 2.16. The molecule has 0 aliphatic rings. The topological polar surface area (TPSA) is 61.8 Å². The first kappa shape index (κ1) is 70.6. The largest absolute Gasteiger partial charge is 0.462 e. The zero-order chi connectivity index (χ0) is 53.4. The van der Waals surface area contributed by atoms with Crippen molar-refractivity contribution in [2.45, 2.75) is 297 Å². The summed E-state index contributed by atoms with van der Waals surface area (Å²) in [5.41, 5.74) is 0. The number of hydrogen-bond acceptors (Lipinski definition) is 5. The van der Waals surface area contributed by atoms with Crippen molar-refractivity contribution in [3.05, 3.63) is 109 Å². The van der Waals surface area contributed by atoms with Gasteiger partial charge in [0.25, 0.3) is 0 Å². The van der Waals surface area contributed by atoms with Gasteiger partial charge in [-0.1, -0.05) is 284 Å². The Bertz CT molecular complexity index is 1440. The zero-order valence-electron chi connectivity index (χ0n) is 48.8. The van der Waals surface area contributed by atoms with Crippen LogP contribution in [0, 0.1) is 0 Å². The van der Waals surface area contributed by atoms with E-state index in [1.165, 1.54) is 148 Å². The van der Waals surface area contributed by atoms with Crippen molar-refractivity contribution in [2.24, 2.45) is 0 Å². The van der Waals surface area contributed by atoms with Crippen molar-refractivity contribution in [1.82, 2.24) is 0 Å². The van der Waals surface area contributed by atoms with E-state index in [0.717, 1.165) is 109 Å². The van der Waals surface area contributed by atoms with Gasteiger partial charge in [0.2, 0.25) is 0 Å². The maximum Gasteiger partial charge on any atom is 0.306 e. The van der Waals surface area contributed by atoms with Crippen LogP contribution in [0.3, 0.4) is 0 Å². The minimum absolute atomic E-state index is 0.0602. The number of rotatable bonds is 57. The summed E-state index contributed by atoms with van der Waals surface area (Å²) < 4.78 is 17.5. The quantitative estimate of drug-likeness (QED) is 0.0345. The molecule has 5 heteroatoms. The predicted octanol–water partition coefficient (Wildman–Crippen LogP) is 21.9. The number of esters is 2. The Hall–Kier alpha value is -3.44. The molecule has 0 aromatic carbocycles. The summed E-state index contributed by atoms with van der Waals surface area (Å²) in [6.45, 7) is 7.58. The second-order valence-corrected chi connectivity index (χ2v) is 20.6. The molecule has 0 radical (unpaired) electrons. The van der Waals surface area contributed by atoms with Gasteiger partial charge >= 0.3 is 11.9 Å². The van der Waals surface area contributed by atoms with Crippen LogP contribution in [-0.2, 0) is 23.8 Å². The molecule has 0 aromatic heterocycles. The van der Waals surface area contributed by atoms with E-state index in [4.69, 9.17) is 14.2 Å². The van der Waals surface area contributed by atoms with Crippen molar-refractivity contribution in [2.75, 3.05) is 19.8 Å². The molecule has 5 nitrogen and oxygen atoms in total. The van der Waals surface area contributed by atoms with Gasteiger partial charge in [-0.25, -0.2) is 0 Å². The number of carbonyl (C=O) groups is 2. The Morgan fingerprint density at radius 1 is 0.311 bits per heavy atom. The van der Waals surface area contributed by atoms with Gasteiger partial charge in [0.1, 0.15) is 6.61 Å². The molecular weight excluding hydrogens is 909 g/mol. The van der Waals surface area contributed by atoms with Crippen LogP contribution in [0.5, 0.6) is 0 Å². The second kappa shape index (κ2) is 63.8. The van der Waals surface area contributed by atoms with Crippen LogP contribution in [0.2, 0.25) is 0 Å². The highest BCUT2D eigenvalue weighted by molar-refractivity contribution is 5.70. The maximum absolute atomic E-state index is 12.9. The Kier molecular flexibility index (Phi) is 60.9. The van der Waals surface area contributed by atoms with Crippen LogP contribution < -0.4 is 0 Å². The Morgan fingerprint density at radius 2 is 0.608 bits per heavy atom. The molecule has 0 aliphatic heterocycles. The maximum atomic E-state index is 12.9. The van der Waals surface area contributed by atoms with E-state index in [9.17, 15) is 9.59 Å². The van der Waals surface area contributed by atoms with E-state index in [2.05, 4.69) is 130 Å². The Labute approximate surface area is 459 Å². The molecule has 0 amide bonds. The molecule has 1 atom stereocenters. The van der Waals surface area contributed by atoms with Crippen LogP contribution in [-0.4, -0.2) is 37.9 Å². The van der Waals surface area contributed by atoms with Crippen molar-refractivity contribution in [1.29, 1.82) is 0 Å². The fourth-order valence-corrected chi connectivity index (χ4v) is 8.71. The lowest BCUT2D eigenvalue weighted by Gasteiger charge is -2.18. The lowest BCUT2D eigenvalue weighted by molar-refractivity contribution is -0.163. The summed E-state index contributed by atoms with van der Waals surface area (Å²) in [7, 11) is 0. The summed E-state index contributed by atoms with van der Waals surface area (Å²) in [5.74, 6) is -0.433. The molecule has 0 N–H and O–H groups in total. The van der Waals surface area contributed by atoms with E-state index in [-0.39, 0.29) is 25.2 Å². The van der Waals surface area contributed by atoms with E-state index < -0.39 is 6.10 Å². The summed E-state index contributed by atoms with van der Waals surface area (Å²) in [4.78, 5) is 25.6. The van der Waals surface area contributed by atoms with Crippen molar-refractivity contribution in [3.63, 3.8) is 0 Å². The number of allylic oxidation sites excluding steroid dienone is 18. The average Bonchev–Trinajstić information content (AvgIpc) is 3.40. The highest BCUT2D eigenvalue weighted by Gasteiger charge is 2.17. The summed E-state index contributed by atoms with van der Waals surface area (Å²) in [5, 5.41) is 0. The van der Waals surface area contributed by atoms with Crippen LogP contribution in [0.4, 0.5) is 0 Å². The Morgan fingerprint density at radius 3 is 0.986 bits per heavy atom. The van der Waals surface area contributed by atoms with Gasteiger partial charge in [-0.2, -0.15) is 0 Å². The minimum atomic E-state index is -0.563. The number of carbonyl (C=O) groups excluding carboxylic acids is 2. The third-order valence-electron chi connectivity index (χ3n) is 13.3. The van der Waals surface area contributed by atoms with Gasteiger partial charge in [0.05, 0.1) is 6.61 Å². The fraction of sp³-hybridized carbons (Fsp3) is 0.710. The minimum Gasteiger partial charge on any atom is -0.462 e. The second-order valence-electron chi connectivity index (χ2n) is 20.6. The molecule has 0 aliphatic carbocycles. The lowest BCUT2D eigenvalue weighted by Crippen LogP contribution is -2.30. The van der Waals surface area contributed by atoms with Crippen LogP contribution in [0.25, 0.3) is 0 Å². The summed E-state index contributed by atoms with van der Waals surface area (Å²) in [6, 6.07) is 0. The third-order valence-corrected chi connectivity index (χ3v) is 13.3. The number of ether oxygens (including phenoxy) is 3. The van der Waals surface area contributed by atoms with Gasteiger partial charge in [0, 0.05) is 19.4 Å². The zero-order valence-corrected chi connectivity index (χ0v) is 48.8. The van der Waals surface area contributed by atoms with E-state index >= 15 is 0 Å². The first-order valence-electron chi connectivity index (χ1n) is 31.4. The normalized spacial score (nSPS) is 13.0. The number of unbranched alkanes of at least 4 members (excludes halogenated alkanes) is 28. The van der Waals surface area contributed by atoms with Crippen LogP contribution in [0.1, 0.15) is 290 Å². The molecule has 0 heterocycles. The van der Waals surface area contributed by atoms with Crippen LogP contribution >= 0.6 is 0 Å². The van der Waals surface area contributed by atoms with E-state index in [1.54, 1.807) is 0 Å². The summed E-state index contributed by atoms with van der Waals surface area (Å²) in [6.07, 6.45) is 88.4. The Balaban J connectivity index is 4.36. The summed E-state index contributed by atoms with van der Waals surface area (Å²) >= 11 is 0. The fourth-order valence-electron chi connectivity index (χ4n) is 8.71. The molecular formula is C69H118O5. The molecule has 0 saturated heterocycles. The van der Waals surface area contributed by atoms with Crippen molar-refractivity contribution >= 4 is 11.9 Å². The predicted molar refractivity (Wildman–Crippen MR) is 325 cm³/mol. The highest BCUT2D eigenvalue weighted by atomic mass is 16.6. The molecule has 0 aromatic rings. The molecule has 0 spiro atoms. The SMILES string of the molecule is CC/C=C\C/C=C\C/C=C\C/C=C\C/C=C\CCCCCC(=O)OCC(COCCCCCCCCC/C=C\C/C=C\C/C=C\C/C=C\CC)OC(=O)CCCCCCCCCCCCCCCCCCCCC. The van der Waals surface area contributed by atoms with Gasteiger partial charge in [0.15, 0.2) is 6.10 Å². The third kappa shape index (κ3) is 61.1. The van der Waals surface area contributed by atoms with E-state index in [1.807, 2.05) is 0 Å². The molecule has 0 bridgehead atoms. The lowest BCUT2D eigenvalue weighted by atomic mass is 10.0. The molecule has 0 fully saturated rings. The smallest absolute Gasteiger partial charge is 0.306 e. The molecule has 1 unspecified atom stereocenters. The van der Waals surface area contributed by atoms with Gasteiger partial charge in [-0.05, 0) is 103 Å². The average molecular weight is 1030 g/mol.